The van der Waals surface area contributed by atoms with Crippen LogP contribution in [0.4, 0.5) is 20.6 Å². The summed E-state index contributed by atoms with van der Waals surface area (Å²) in [6.45, 7) is 1.99. The smallest absolute Gasteiger partial charge is 0.409 e. The normalized spacial score (nSPS) is 20.0. The maximum atomic E-state index is 13.3. The van der Waals surface area contributed by atoms with Crippen molar-refractivity contribution < 1.29 is 23.5 Å². The fraction of sp³-hybridized carbons (Fsp3) is 0.423. The molecule has 9 nitrogen and oxygen atoms in total. The highest BCUT2D eigenvalue weighted by molar-refractivity contribution is 6.07. The van der Waals surface area contributed by atoms with Crippen LogP contribution < -0.4 is 21.3 Å². The maximum absolute atomic E-state index is 13.3. The van der Waals surface area contributed by atoms with Crippen molar-refractivity contribution in [3.63, 3.8) is 0 Å². The van der Waals surface area contributed by atoms with Crippen LogP contribution in [0.1, 0.15) is 46.4 Å². The predicted octanol–water partition coefficient (Wildman–Crippen LogP) is 2.97. The van der Waals surface area contributed by atoms with E-state index in [2.05, 4.69) is 10.6 Å². The number of piperazine rings is 1. The Morgan fingerprint density at radius 1 is 0.917 bits per heavy atom. The number of amides is 3. The molecule has 2 aliphatic rings. The summed E-state index contributed by atoms with van der Waals surface area (Å²) in [4.78, 5) is 41.5. The standard InChI is InChI=1S/C26H32FN5O4/c1-36-26(35)32-14-12-31(13-15-32)23-11-4-18(25(34)29-21-9-7-20(28)8-10-21)16-22(23)30-24(33)17-2-5-19(27)6-3-17/h2-6,11,16,20-21H,7-10,12-15,28H2,1H3,(H,29,34)(H,30,33). The number of hydrogen-bond donors (Lipinski definition) is 3. The van der Waals surface area contributed by atoms with Gasteiger partial charge < -0.3 is 30.9 Å². The van der Waals surface area contributed by atoms with E-state index in [4.69, 9.17) is 10.5 Å². The lowest BCUT2D eigenvalue weighted by Crippen LogP contribution is -2.49. The Hall–Kier alpha value is -3.66. The quantitative estimate of drug-likeness (QED) is 0.585. The molecule has 0 spiro atoms. The summed E-state index contributed by atoms with van der Waals surface area (Å²) in [5.74, 6) is -1.06. The van der Waals surface area contributed by atoms with Gasteiger partial charge in [0, 0.05) is 49.4 Å². The van der Waals surface area contributed by atoms with Crippen molar-refractivity contribution in [3.8, 4) is 0 Å². The van der Waals surface area contributed by atoms with E-state index >= 15 is 0 Å². The number of halogens is 1. The fourth-order valence-electron chi connectivity index (χ4n) is 4.64. The van der Waals surface area contributed by atoms with Crippen LogP contribution in [-0.4, -0.2) is 68.2 Å². The third-order valence-electron chi connectivity index (χ3n) is 6.77. The van der Waals surface area contributed by atoms with Crippen molar-refractivity contribution in [1.82, 2.24) is 10.2 Å². The van der Waals surface area contributed by atoms with Gasteiger partial charge in [-0.05, 0) is 68.1 Å². The first-order valence-electron chi connectivity index (χ1n) is 12.2. The monoisotopic (exact) mass is 497 g/mol. The summed E-state index contributed by atoms with van der Waals surface area (Å²) in [7, 11) is 1.35. The molecule has 0 unspecified atom stereocenters. The first-order valence-corrected chi connectivity index (χ1v) is 12.2. The molecule has 1 saturated carbocycles. The average Bonchev–Trinajstić information content (AvgIpc) is 2.90. The zero-order valence-electron chi connectivity index (χ0n) is 20.3. The maximum Gasteiger partial charge on any atom is 0.409 e. The molecular formula is C26H32FN5O4. The van der Waals surface area contributed by atoms with E-state index in [1.165, 1.54) is 31.4 Å². The van der Waals surface area contributed by atoms with Crippen molar-refractivity contribution in [2.24, 2.45) is 5.73 Å². The summed E-state index contributed by atoms with van der Waals surface area (Å²) in [5.41, 5.74) is 7.90. The topological polar surface area (TPSA) is 117 Å². The van der Waals surface area contributed by atoms with Crippen LogP contribution in [0.3, 0.4) is 0 Å². The summed E-state index contributed by atoms with van der Waals surface area (Å²) in [5, 5.41) is 5.97. The largest absolute Gasteiger partial charge is 0.453 e. The van der Waals surface area contributed by atoms with Gasteiger partial charge in [-0.2, -0.15) is 0 Å². The first-order chi connectivity index (χ1) is 17.3. The average molecular weight is 498 g/mol. The molecule has 4 rings (SSSR count). The third kappa shape index (κ3) is 6.12. The molecule has 1 aliphatic carbocycles. The molecule has 0 aromatic heterocycles. The van der Waals surface area contributed by atoms with Crippen LogP contribution in [0.2, 0.25) is 0 Å². The van der Waals surface area contributed by atoms with Crippen LogP contribution in [-0.2, 0) is 4.74 Å². The molecular weight excluding hydrogens is 465 g/mol. The second kappa shape index (κ2) is 11.4. The lowest BCUT2D eigenvalue weighted by Gasteiger charge is -2.36. The highest BCUT2D eigenvalue weighted by Crippen LogP contribution is 2.29. The van der Waals surface area contributed by atoms with Gasteiger partial charge in [0.05, 0.1) is 18.5 Å². The number of methoxy groups -OCH3 is 1. The van der Waals surface area contributed by atoms with Gasteiger partial charge in [-0.25, -0.2) is 9.18 Å². The Morgan fingerprint density at radius 2 is 1.56 bits per heavy atom. The van der Waals surface area contributed by atoms with E-state index in [0.29, 0.717) is 43.0 Å². The minimum Gasteiger partial charge on any atom is -0.453 e. The number of carbonyl (C=O) groups excluding carboxylic acids is 3. The Morgan fingerprint density at radius 3 is 2.19 bits per heavy atom. The lowest BCUT2D eigenvalue weighted by atomic mass is 9.91. The molecule has 0 atom stereocenters. The number of rotatable bonds is 5. The van der Waals surface area contributed by atoms with Gasteiger partial charge >= 0.3 is 6.09 Å². The van der Waals surface area contributed by atoms with Gasteiger partial charge in [0.2, 0.25) is 0 Å². The number of anilines is 2. The molecule has 1 saturated heterocycles. The van der Waals surface area contributed by atoms with E-state index in [9.17, 15) is 18.8 Å². The van der Waals surface area contributed by atoms with E-state index in [1.807, 2.05) is 4.90 Å². The second-order valence-corrected chi connectivity index (χ2v) is 9.22. The summed E-state index contributed by atoms with van der Waals surface area (Å²) < 4.78 is 18.1. The van der Waals surface area contributed by atoms with Crippen molar-refractivity contribution in [1.29, 1.82) is 0 Å². The third-order valence-corrected chi connectivity index (χ3v) is 6.77. The van der Waals surface area contributed by atoms with Gasteiger partial charge in [0.25, 0.3) is 11.8 Å². The number of nitrogens with one attached hydrogen (secondary N) is 2. The van der Waals surface area contributed by atoms with E-state index < -0.39 is 11.7 Å². The molecule has 192 valence electrons. The molecule has 1 heterocycles. The minimum absolute atomic E-state index is 0.0700. The number of nitrogens with two attached hydrogens (primary N) is 1. The molecule has 10 heteroatoms. The van der Waals surface area contributed by atoms with Crippen molar-refractivity contribution in [2.45, 2.75) is 37.8 Å². The molecule has 2 aromatic carbocycles. The van der Waals surface area contributed by atoms with E-state index in [1.54, 1.807) is 23.1 Å². The van der Waals surface area contributed by atoms with Crippen LogP contribution >= 0.6 is 0 Å². The molecule has 2 fully saturated rings. The zero-order valence-corrected chi connectivity index (χ0v) is 20.3. The number of nitrogens with zero attached hydrogens (tertiary/aromatic N) is 2. The van der Waals surface area contributed by atoms with Crippen LogP contribution in [0.5, 0.6) is 0 Å². The van der Waals surface area contributed by atoms with Crippen LogP contribution in [0.25, 0.3) is 0 Å². The Bertz CT molecular complexity index is 1090. The SMILES string of the molecule is COC(=O)N1CCN(c2ccc(C(=O)NC3CCC(N)CC3)cc2NC(=O)c2ccc(F)cc2)CC1. The molecule has 3 amide bonds. The first kappa shape index (κ1) is 25.4. The van der Waals surface area contributed by atoms with Crippen LogP contribution in [0.15, 0.2) is 42.5 Å². The zero-order chi connectivity index (χ0) is 25.7. The number of carbonyl (C=O) groups is 3. The minimum atomic E-state index is -0.432. The summed E-state index contributed by atoms with van der Waals surface area (Å²) >= 11 is 0. The molecule has 1 aliphatic heterocycles. The number of benzene rings is 2. The van der Waals surface area contributed by atoms with Crippen molar-refractivity contribution in [3.05, 3.63) is 59.4 Å². The molecule has 36 heavy (non-hydrogen) atoms. The molecule has 0 radical (unpaired) electrons. The molecule has 2 aromatic rings. The van der Waals surface area contributed by atoms with Gasteiger partial charge in [0.1, 0.15) is 5.82 Å². The summed E-state index contributed by atoms with van der Waals surface area (Å²) in [6, 6.07) is 10.7. The van der Waals surface area contributed by atoms with E-state index in [0.717, 1.165) is 31.4 Å². The van der Waals surface area contributed by atoms with Gasteiger partial charge in [0.15, 0.2) is 0 Å². The fourth-order valence-corrected chi connectivity index (χ4v) is 4.64. The number of hydrogen-bond acceptors (Lipinski definition) is 6. The Balaban J connectivity index is 1.54. The Kier molecular flexibility index (Phi) is 8.04. The van der Waals surface area contributed by atoms with Crippen molar-refractivity contribution >= 4 is 29.3 Å². The second-order valence-electron chi connectivity index (χ2n) is 9.22. The van der Waals surface area contributed by atoms with Gasteiger partial charge in [-0.15, -0.1) is 0 Å². The van der Waals surface area contributed by atoms with E-state index in [-0.39, 0.29) is 24.1 Å². The Labute approximate surface area is 209 Å². The number of ether oxygens (including phenoxy) is 1. The highest BCUT2D eigenvalue weighted by Gasteiger charge is 2.25. The summed E-state index contributed by atoms with van der Waals surface area (Å²) in [6.07, 6.45) is 3.05. The molecule has 4 N–H and O–H groups in total. The molecule has 0 bridgehead atoms. The lowest BCUT2D eigenvalue weighted by molar-refractivity contribution is 0.0924. The van der Waals surface area contributed by atoms with Gasteiger partial charge in [-0.1, -0.05) is 0 Å². The van der Waals surface area contributed by atoms with Gasteiger partial charge in [-0.3, -0.25) is 9.59 Å². The van der Waals surface area contributed by atoms with Crippen LogP contribution in [0, 0.1) is 5.82 Å². The predicted molar refractivity (Wildman–Crippen MR) is 135 cm³/mol. The van der Waals surface area contributed by atoms with Crippen molar-refractivity contribution in [2.75, 3.05) is 43.5 Å². The highest BCUT2D eigenvalue weighted by atomic mass is 19.1.